The van der Waals surface area contributed by atoms with Crippen LogP contribution in [-0.4, -0.2) is 24.5 Å². The summed E-state index contributed by atoms with van der Waals surface area (Å²) < 4.78 is 0. The van der Waals surface area contributed by atoms with E-state index in [-0.39, 0.29) is 0 Å². The molecule has 1 heteroatoms. The Labute approximate surface area is 123 Å². The van der Waals surface area contributed by atoms with Gasteiger partial charge < -0.3 is 4.90 Å². The maximum absolute atomic E-state index is 2.71. The van der Waals surface area contributed by atoms with Crippen LogP contribution in [0.4, 0.5) is 0 Å². The summed E-state index contributed by atoms with van der Waals surface area (Å²) in [6.07, 6.45) is 14.1. The van der Waals surface area contributed by atoms with Crippen LogP contribution in [0.3, 0.4) is 0 Å². The number of rotatable bonds is 14. The summed E-state index contributed by atoms with van der Waals surface area (Å²) in [7, 11) is 0. The van der Waals surface area contributed by atoms with Crippen LogP contribution in [0.15, 0.2) is 0 Å². The van der Waals surface area contributed by atoms with E-state index in [0.29, 0.717) is 0 Å². The third-order valence-corrected chi connectivity index (χ3v) is 3.78. The summed E-state index contributed by atoms with van der Waals surface area (Å²) in [5.41, 5.74) is 0. The minimum Gasteiger partial charge on any atom is -0.303 e. The van der Waals surface area contributed by atoms with Crippen molar-refractivity contribution < 1.29 is 0 Å². The summed E-state index contributed by atoms with van der Waals surface area (Å²) in [6.45, 7) is 13.2. The molecule has 0 atom stereocenters. The molecular weight excluding hydrogens is 230 g/mol. The molecule has 0 aromatic heterocycles. The van der Waals surface area contributed by atoms with Gasteiger partial charge in [0.15, 0.2) is 0 Å². The van der Waals surface area contributed by atoms with Gasteiger partial charge in [-0.25, -0.2) is 0 Å². The number of unbranched alkanes of at least 4 members (excludes halogenated alkanes) is 8. The molecule has 0 saturated carbocycles. The standard InChI is InChI=1S/C18H39N/c1-5-7-9-11-13-15-19(17-18(3)4)16-14-12-10-8-6-2/h18H,5-17H2,1-4H3. The smallest absolute Gasteiger partial charge is 0.000438 e. The van der Waals surface area contributed by atoms with Crippen molar-refractivity contribution in [2.75, 3.05) is 19.6 Å². The van der Waals surface area contributed by atoms with Gasteiger partial charge in [-0.2, -0.15) is 0 Å². The van der Waals surface area contributed by atoms with Crippen LogP contribution in [-0.2, 0) is 0 Å². The van der Waals surface area contributed by atoms with Crippen molar-refractivity contribution in [3.8, 4) is 0 Å². The van der Waals surface area contributed by atoms with E-state index in [0.717, 1.165) is 5.92 Å². The van der Waals surface area contributed by atoms with Crippen molar-refractivity contribution in [2.24, 2.45) is 5.92 Å². The van der Waals surface area contributed by atoms with E-state index < -0.39 is 0 Å². The Morgan fingerprint density at radius 1 is 0.632 bits per heavy atom. The van der Waals surface area contributed by atoms with Gasteiger partial charge in [0.1, 0.15) is 0 Å². The molecule has 0 aliphatic rings. The van der Waals surface area contributed by atoms with Crippen molar-refractivity contribution >= 4 is 0 Å². The molecule has 116 valence electrons. The third-order valence-electron chi connectivity index (χ3n) is 3.78. The van der Waals surface area contributed by atoms with Crippen molar-refractivity contribution in [2.45, 2.75) is 91.9 Å². The van der Waals surface area contributed by atoms with Crippen LogP contribution in [0, 0.1) is 5.92 Å². The van der Waals surface area contributed by atoms with E-state index >= 15 is 0 Å². The molecule has 0 aromatic rings. The largest absolute Gasteiger partial charge is 0.303 e. The fraction of sp³-hybridized carbons (Fsp3) is 1.00. The highest BCUT2D eigenvalue weighted by Crippen LogP contribution is 2.09. The van der Waals surface area contributed by atoms with Crippen molar-refractivity contribution in [3.63, 3.8) is 0 Å². The zero-order valence-corrected chi connectivity index (χ0v) is 14.2. The monoisotopic (exact) mass is 269 g/mol. The predicted octanol–water partition coefficient (Wildman–Crippen LogP) is 5.89. The third kappa shape index (κ3) is 14.2. The van der Waals surface area contributed by atoms with E-state index in [1.165, 1.54) is 83.8 Å². The Morgan fingerprint density at radius 3 is 1.42 bits per heavy atom. The van der Waals surface area contributed by atoms with Crippen LogP contribution in [0.1, 0.15) is 91.9 Å². The Kier molecular flexibility index (Phi) is 14.3. The Balaban J connectivity index is 3.63. The lowest BCUT2D eigenvalue weighted by atomic mass is 10.1. The predicted molar refractivity (Wildman–Crippen MR) is 88.8 cm³/mol. The topological polar surface area (TPSA) is 3.24 Å². The molecule has 0 rings (SSSR count). The van der Waals surface area contributed by atoms with Gasteiger partial charge in [0, 0.05) is 6.54 Å². The molecule has 0 fully saturated rings. The molecule has 0 aliphatic carbocycles. The van der Waals surface area contributed by atoms with Gasteiger partial charge in [-0.1, -0.05) is 79.1 Å². The minimum atomic E-state index is 0.811. The molecule has 0 spiro atoms. The Hall–Kier alpha value is -0.0400. The molecule has 19 heavy (non-hydrogen) atoms. The highest BCUT2D eigenvalue weighted by molar-refractivity contribution is 4.61. The van der Waals surface area contributed by atoms with E-state index in [4.69, 9.17) is 0 Å². The molecule has 0 N–H and O–H groups in total. The Morgan fingerprint density at radius 2 is 1.05 bits per heavy atom. The van der Waals surface area contributed by atoms with Crippen molar-refractivity contribution in [1.29, 1.82) is 0 Å². The van der Waals surface area contributed by atoms with E-state index in [9.17, 15) is 0 Å². The average Bonchev–Trinajstić information content (AvgIpc) is 2.37. The molecule has 0 radical (unpaired) electrons. The molecular formula is C18H39N. The van der Waals surface area contributed by atoms with E-state index in [1.807, 2.05) is 0 Å². The fourth-order valence-corrected chi connectivity index (χ4v) is 2.69. The molecule has 0 aromatic carbocycles. The van der Waals surface area contributed by atoms with Crippen LogP contribution in [0.25, 0.3) is 0 Å². The summed E-state index contributed by atoms with van der Waals surface area (Å²) in [5, 5.41) is 0. The number of nitrogens with zero attached hydrogens (tertiary/aromatic N) is 1. The molecule has 1 nitrogen and oxygen atoms in total. The first-order valence-corrected chi connectivity index (χ1v) is 8.93. The maximum Gasteiger partial charge on any atom is 0.000438 e. The van der Waals surface area contributed by atoms with Gasteiger partial charge in [-0.15, -0.1) is 0 Å². The summed E-state index contributed by atoms with van der Waals surface area (Å²) in [6, 6.07) is 0. The molecule has 0 amide bonds. The van der Waals surface area contributed by atoms with E-state index in [1.54, 1.807) is 0 Å². The molecule has 0 bridgehead atoms. The molecule has 0 saturated heterocycles. The highest BCUT2D eigenvalue weighted by atomic mass is 15.1. The first-order chi connectivity index (χ1) is 9.20. The van der Waals surface area contributed by atoms with Gasteiger partial charge in [0.2, 0.25) is 0 Å². The van der Waals surface area contributed by atoms with Gasteiger partial charge in [0.05, 0.1) is 0 Å². The highest BCUT2D eigenvalue weighted by Gasteiger charge is 2.06. The lowest BCUT2D eigenvalue weighted by molar-refractivity contribution is 0.233. The SMILES string of the molecule is CCCCCCCN(CCCCCCC)CC(C)C. The summed E-state index contributed by atoms with van der Waals surface area (Å²) in [5.74, 6) is 0.811. The van der Waals surface area contributed by atoms with E-state index in [2.05, 4.69) is 32.6 Å². The van der Waals surface area contributed by atoms with Crippen LogP contribution in [0.5, 0.6) is 0 Å². The zero-order chi connectivity index (χ0) is 14.3. The van der Waals surface area contributed by atoms with Gasteiger partial charge in [0.25, 0.3) is 0 Å². The van der Waals surface area contributed by atoms with Crippen LogP contribution < -0.4 is 0 Å². The lowest BCUT2D eigenvalue weighted by Crippen LogP contribution is -2.30. The lowest BCUT2D eigenvalue weighted by Gasteiger charge is -2.24. The first-order valence-electron chi connectivity index (χ1n) is 8.93. The summed E-state index contributed by atoms with van der Waals surface area (Å²) in [4.78, 5) is 2.71. The second-order valence-electron chi connectivity index (χ2n) is 6.52. The molecule has 0 heterocycles. The van der Waals surface area contributed by atoms with Gasteiger partial charge >= 0.3 is 0 Å². The van der Waals surface area contributed by atoms with Gasteiger partial charge in [-0.3, -0.25) is 0 Å². The zero-order valence-electron chi connectivity index (χ0n) is 14.2. The number of hydrogen-bond acceptors (Lipinski definition) is 1. The normalized spacial score (nSPS) is 11.7. The molecule has 0 unspecified atom stereocenters. The minimum absolute atomic E-state index is 0.811. The van der Waals surface area contributed by atoms with Crippen molar-refractivity contribution in [3.05, 3.63) is 0 Å². The second-order valence-corrected chi connectivity index (χ2v) is 6.52. The average molecular weight is 270 g/mol. The Bertz CT molecular complexity index is 151. The van der Waals surface area contributed by atoms with Crippen LogP contribution in [0.2, 0.25) is 0 Å². The molecule has 0 aliphatic heterocycles. The summed E-state index contributed by atoms with van der Waals surface area (Å²) >= 11 is 0. The van der Waals surface area contributed by atoms with Gasteiger partial charge in [-0.05, 0) is 31.8 Å². The fourth-order valence-electron chi connectivity index (χ4n) is 2.69. The quantitative estimate of drug-likeness (QED) is 0.356. The maximum atomic E-state index is 2.71. The first kappa shape index (κ1) is 19.0. The number of hydrogen-bond donors (Lipinski definition) is 0. The van der Waals surface area contributed by atoms with Crippen molar-refractivity contribution in [1.82, 2.24) is 4.90 Å². The second kappa shape index (κ2) is 14.4. The van der Waals surface area contributed by atoms with Crippen LogP contribution >= 0.6 is 0 Å².